The van der Waals surface area contributed by atoms with Crippen LogP contribution in [0.2, 0.25) is 0 Å². The van der Waals surface area contributed by atoms with Crippen molar-refractivity contribution in [2.75, 3.05) is 26.2 Å². The summed E-state index contributed by atoms with van der Waals surface area (Å²) in [4.78, 5) is 2.26. The van der Waals surface area contributed by atoms with E-state index in [2.05, 4.69) is 36.9 Å². The first-order chi connectivity index (χ1) is 11.9. The highest BCUT2D eigenvalue weighted by atomic mass is 16.5. The van der Waals surface area contributed by atoms with E-state index >= 15 is 0 Å². The van der Waals surface area contributed by atoms with Crippen molar-refractivity contribution in [3.8, 4) is 5.75 Å². The lowest BCUT2D eigenvalue weighted by atomic mass is 9.72. The molecule has 0 unspecified atom stereocenters. The molecular weight excluding hydrogens is 314 g/mol. The van der Waals surface area contributed by atoms with E-state index in [0.29, 0.717) is 12.6 Å². The molecule has 1 aliphatic carbocycles. The Labute approximate surface area is 151 Å². The first-order valence-electron chi connectivity index (χ1n) is 9.72. The van der Waals surface area contributed by atoms with E-state index in [1.54, 1.807) is 0 Å². The Balaban J connectivity index is 1.85. The molecular formula is C21H33NO3. The summed E-state index contributed by atoms with van der Waals surface area (Å²) >= 11 is 0. The van der Waals surface area contributed by atoms with Gasteiger partial charge in [0, 0.05) is 31.0 Å². The molecule has 4 nitrogen and oxygen atoms in total. The zero-order valence-electron chi connectivity index (χ0n) is 15.9. The number of hydrogen-bond acceptors (Lipinski definition) is 4. The third kappa shape index (κ3) is 3.86. The first-order valence-corrected chi connectivity index (χ1v) is 9.72. The summed E-state index contributed by atoms with van der Waals surface area (Å²) in [7, 11) is 0. The molecule has 0 bridgehead atoms. The summed E-state index contributed by atoms with van der Waals surface area (Å²) in [5.41, 5.74) is 2.21. The van der Waals surface area contributed by atoms with Gasteiger partial charge in [0.15, 0.2) is 0 Å². The molecule has 2 aliphatic rings. The van der Waals surface area contributed by atoms with Crippen LogP contribution in [0.15, 0.2) is 18.2 Å². The second-order valence-corrected chi connectivity index (χ2v) is 8.24. The predicted molar refractivity (Wildman–Crippen MR) is 100 cm³/mol. The van der Waals surface area contributed by atoms with Crippen LogP contribution < -0.4 is 4.74 Å². The van der Waals surface area contributed by atoms with Crippen LogP contribution in [0.1, 0.15) is 56.6 Å². The Kier molecular flexibility index (Phi) is 5.71. The van der Waals surface area contributed by atoms with Crippen molar-refractivity contribution in [1.29, 1.82) is 0 Å². The fourth-order valence-corrected chi connectivity index (χ4v) is 4.49. The van der Waals surface area contributed by atoms with Gasteiger partial charge in [0.25, 0.3) is 0 Å². The normalized spacial score (nSPS) is 29.2. The van der Waals surface area contributed by atoms with Crippen LogP contribution in [-0.4, -0.2) is 53.6 Å². The molecule has 4 heteroatoms. The third-order valence-electron chi connectivity index (χ3n) is 6.38. The largest absolute Gasteiger partial charge is 0.490 e. The lowest BCUT2D eigenvalue weighted by Gasteiger charge is -2.34. The molecule has 0 amide bonds. The highest BCUT2D eigenvalue weighted by Crippen LogP contribution is 2.46. The Morgan fingerprint density at radius 1 is 1.32 bits per heavy atom. The van der Waals surface area contributed by atoms with Crippen LogP contribution in [0.3, 0.4) is 0 Å². The Morgan fingerprint density at radius 3 is 2.68 bits per heavy atom. The summed E-state index contributed by atoms with van der Waals surface area (Å²) in [5.74, 6) is 1.24. The fourth-order valence-electron chi connectivity index (χ4n) is 4.49. The van der Waals surface area contributed by atoms with Crippen LogP contribution in [-0.2, 0) is 0 Å². The maximum atomic E-state index is 10.5. The monoisotopic (exact) mass is 347 g/mol. The quantitative estimate of drug-likeness (QED) is 0.830. The molecule has 3 atom stereocenters. The number of aliphatic hydroxyl groups excluding tert-OH is 2. The van der Waals surface area contributed by atoms with Gasteiger partial charge < -0.3 is 14.9 Å². The van der Waals surface area contributed by atoms with E-state index < -0.39 is 6.10 Å². The molecule has 2 N–H and O–H groups in total. The van der Waals surface area contributed by atoms with Gasteiger partial charge in [-0.3, -0.25) is 4.90 Å². The Morgan fingerprint density at radius 2 is 2.04 bits per heavy atom. The number of benzene rings is 1. The molecule has 1 aromatic carbocycles. The van der Waals surface area contributed by atoms with Gasteiger partial charge in [-0.1, -0.05) is 19.1 Å². The topological polar surface area (TPSA) is 52.9 Å². The van der Waals surface area contributed by atoms with E-state index in [-0.39, 0.29) is 17.9 Å². The molecule has 0 aromatic heterocycles. The van der Waals surface area contributed by atoms with Crippen molar-refractivity contribution < 1.29 is 14.9 Å². The average Bonchev–Trinajstić information content (AvgIpc) is 3.18. The highest BCUT2D eigenvalue weighted by Gasteiger charge is 2.46. The minimum Gasteiger partial charge on any atom is -0.490 e. The molecule has 2 fully saturated rings. The molecule has 140 valence electrons. The Bertz CT molecular complexity index is 583. The zero-order valence-corrected chi connectivity index (χ0v) is 15.9. The number of likely N-dealkylation sites (tertiary alicyclic amines) is 1. The Hall–Kier alpha value is -1.10. The summed E-state index contributed by atoms with van der Waals surface area (Å²) < 4.78 is 6.29. The van der Waals surface area contributed by atoms with Crippen molar-refractivity contribution in [2.45, 2.75) is 64.6 Å². The molecule has 1 saturated carbocycles. The number of nitrogens with zero attached hydrogens (tertiary/aromatic N) is 1. The van der Waals surface area contributed by atoms with Gasteiger partial charge in [-0.15, -0.1) is 0 Å². The van der Waals surface area contributed by atoms with Crippen LogP contribution in [0.5, 0.6) is 5.75 Å². The predicted octanol–water partition coefficient (Wildman–Crippen LogP) is 3.10. The van der Waals surface area contributed by atoms with Gasteiger partial charge in [-0.2, -0.15) is 0 Å². The third-order valence-corrected chi connectivity index (χ3v) is 6.38. The molecule has 1 aromatic rings. The van der Waals surface area contributed by atoms with Crippen LogP contribution >= 0.6 is 0 Å². The zero-order chi connectivity index (χ0) is 18.0. The van der Waals surface area contributed by atoms with Crippen LogP contribution in [0.25, 0.3) is 0 Å². The summed E-state index contributed by atoms with van der Waals surface area (Å²) in [6.45, 7) is 8.66. The van der Waals surface area contributed by atoms with Crippen molar-refractivity contribution in [3.05, 3.63) is 29.3 Å². The summed E-state index contributed by atoms with van der Waals surface area (Å²) in [6.07, 6.45) is 4.80. The number of aryl methyl sites for hydroxylation is 1. The van der Waals surface area contributed by atoms with Crippen molar-refractivity contribution in [3.63, 3.8) is 0 Å². The summed E-state index contributed by atoms with van der Waals surface area (Å²) in [5, 5.41) is 19.8. The molecule has 1 saturated heterocycles. The second kappa shape index (κ2) is 7.65. The average molecular weight is 347 g/mol. The molecule has 0 spiro atoms. The lowest BCUT2D eigenvalue weighted by molar-refractivity contribution is 0.0468. The van der Waals surface area contributed by atoms with E-state index in [1.165, 1.54) is 24.0 Å². The van der Waals surface area contributed by atoms with Crippen molar-refractivity contribution in [1.82, 2.24) is 4.90 Å². The van der Waals surface area contributed by atoms with Gasteiger partial charge in [-0.25, -0.2) is 0 Å². The van der Waals surface area contributed by atoms with E-state index in [1.807, 2.05) is 6.92 Å². The minimum absolute atomic E-state index is 0.159. The standard InChI is InChI=1S/C21H33NO3/c1-15-8-9-17(12-20(15)25-18-6-4-5-7-18)19-13-22(10-11-23)14-21(19,3)16(2)24/h8-9,12,16,18-19,23-24H,4-7,10-11,13-14H2,1-3H3/t16-,19+,21+/m1/s1. The number of ether oxygens (including phenoxy) is 1. The maximum Gasteiger partial charge on any atom is 0.122 e. The number of aliphatic hydroxyl groups is 2. The van der Waals surface area contributed by atoms with Crippen LogP contribution in [0.4, 0.5) is 0 Å². The van der Waals surface area contributed by atoms with Gasteiger partial charge >= 0.3 is 0 Å². The number of β-amino-alcohol motifs (C(OH)–C–C–N with tert-alkyl or cyclic N) is 1. The van der Waals surface area contributed by atoms with Crippen molar-refractivity contribution in [2.24, 2.45) is 5.41 Å². The number of hydrogen-bond donors (Lipinski definition) is 2. The number of rotatable bonds is 6. The first kappa shape index (κ1) is 18.7. The lowest BCUT2D eigenvalue weighted by Crippen LogP contribution is -2.37. The minimum atomic E-state index is -0.401. The van der Waals surface area contributed by atoms with Gasteiger partial charge in [0.05, 0.1) is 18.8 Å². The van der Waals surface area contributed by atoms with Gasteiger partial charge in [-0.05, 0) is 56.7 Å². The molecule has 0 radical (unpaired) electrons. The summed E-state index contributed by atoms with van der Waals surface area (Å²) in [6, 6.07) is 6.53. The molecule has 1 heterocycles. The smallest absolute Gasteiger partial charge is 0.122 e. The fraction of sp³-hybridized carbons (Fsp3) is 0.714. The van der Waals surface area contributed by atoms with E-state index in [0.717, 1.165) is 31.7 Å². The van der Waals surface area contributed by atoms with Gasteiger partial charge in [0.1, 0.15) is 5.75 Å². The van der Waals surface area contributed by atoms with Gasteiger partial charge in [0.2, 0.25) is 0 Å². The van der Waals surface area contributed by atoms with Crippen molar-refractivity contribution >= 4 is 0 Å². The SMILES string of the molecule is Cc1ccc([C@@H]2CN(CCO)C[C@@]2(C)[C@@H](C)O)cc1OC1CCCC1. The van der Waals surface area contributed by atoms with E-state index in [9.17, 15) is 10.2 Å². The molecule has 1 aliphatic heterocycles. The maximum absolute atomic E-state index is 10.5. The molecule has 25 heavy (non-hydrogen) atoms. The molecule has 3 rings (SSSR count). The van der Waals surface area contributed by atoms with Crippen LogP contribution in [0, 0.1) is 12.3 Å². The second-order valence-electron chi connectivity index (χ2n) is 8.24. The highest BCUT2D eigenvalue weighted by molar-refractivity contribution is 5.40. The van der Waals surface area contributed by atoms with E-state index in [4.69, 9.17) is 4.74 Å².